The highest BCUT2D eigenvalue weighted by Gasteiger charge is 2.55. The van der Waals surface area contributed by atoms with Gasteiger partial charge in [-0.2, -0.15) is 5.06 Å². The van der Waals surface area contributed by atoms with Gasteiger partial charge in [-0.3, -0.25) is 14.4 Å². The number of rotatable bonds is 6. The maximum absolute atomic E-state index is 14.1. The molecular weight excluding hydrogens is 496 g/mol. The van der Waals surface area contributed by atoms with Gasteiger partial charge in [0.2, 0.25) is 5.91 Å². The summed E-state index contributed by atoms with van der Waals surface area (Å²) in [5.41, 5.74) is 0.676. The van der Waals surface area contributed by atoms with Gasteiger partial charge in [0.1, 0.15) is 12.6 Å². The highest BCUT2D eigenvalue weighted by Crippen LogP contribution is 2.37. The molecule has 0 aromatic heterocycles. The standard InChI is InChI=1S/C30H44N4O5/c1-30(2,3)17-24-27(35)32(23-14-15-31-18-23)19-26-33(24)28(36)25(16-21-10-6-4-7-11-21)39-34(26)29(37)38-20-22-12-8-5-9-13-22/h5,8-9,12-13,21,23-26,31H,4,6-7,10-11,14-20H2,1-3H3/t23-,24+,25-,26+/m1/s1. The number of carbonyl (C=O) groups is 3. The molecule has 9 nitrogen and oxygen atoms in total. The minimum Gasteiger partial charge on any atom is -0.443 e. The van der Waals surface area contributed by atoms with E-state index in [9.17, 15) is 14.4 Å². The molecular formula is C30H44N4O5. The summed E-state index contributed by atoms with van der Waals surface area (Å²) in [6.45, 7) is 8.13. The molecule has 3 aliphatic heterocycles. The van der Waals surface area contributed by atoms with E-state index in [1.165, 1.54) is 11.5 Å². The van der Waals surface area contributed by atoms with E-state index in [0.717, 1.165) is 44.2 Å². The van der Waals surface area contributed by atoms with Crippen LogP contribution in [0.2, 0.25) is 0 Å². The lowest BCUT2D eigenvalue weighted by atomic mass is 9.83. The van der Waals surface area contributed by atoms with Crippen LogP contribution in [0, 0.1) is 11.3 Å². The largest absolute Gasteiger partial charge is 0.443 e. The second-order valence-corrected chi connectivity index (χ2v) is 12.8. The Kier molecular flexibility index (Phi) is 8.47. The number of nitrogens with zero attached hydrogens (tertiary/aromatic N) is 3. The van der Waals surface area contributed by atoms with Crippen molar-refractivity contribution in [1.29, 1.82) is 0 Å². The molecule has 1 N–H and O–H groups in total. The lowest BCUT2D eigenvalue weighted by Gasteiger charge is -2.54. The molecule has 4 aliphatic rings. The molecule has 1 aromatic carbocycles. The van der Waals surface area contributed by atoms with Crippen LogP contribution in [-0.4, -0.2) is 76.8 Å². The molecule has 5 rings (SSSR count). The summed E-state index contributed by atoms with van der Waals surface area (Å²) in [4.78, 5) is 51.5. The van der Waals surface area contributed by atoms with E-state index in [-0.39, 0.29) is 36.4 Å². The minimum absolute atomic E-state index is 0.0272. The zero-order valence-corrected chi connectivity index (χ0v) is 23.6. The number of fused-ring (bicyclic) bond motifs is 1. The Hall–Kier alpha value is -2.65. The molecule has 4 fully saturated rings. The average molecular weight is 541 g/mol. The Labute approximate surface area is 232 Å². The summed E-state index contributed by atoms with van der Waals surface area (Å²) in [5.74, 6) is 0.165. The fourth-order valence-electron chi connectivity index (χ4n) is 6.60. The number of carbonyl (C=O) groups excluding carboxylic acids is 3. The van der Waals surface area contributed by atoms with Crippen molar-refractivity contribution in [3.8, 4) is 0 Å². The van der Waals surface area contributed by atoms with Gasteiger partial charge in [-0.15, -0.1) is 0 Å². The molecule has 1 aliphatic carbocycles. The molecule has 1 aromatic rings. The highest BCUT2D eigenvalue weighted by atomic mass is 16.7. The molecule has 39 heavy (non-hydrogen) atoms. The van der Waals surface area contributed by atoms with E-state index >= 15 is 0 Å². The Morgan fingerprint density at radius 1 is 1.05 bits per heavy atom. The van der Waals surface area contributed by atoms with Crippen LogP contribution in [0.15, 0.2) is 30.3 Å². The van der Waals surface area contributed by atoms with Crippen LogP contribution in [0.25, 0.3) is 0 Å². The summed E-state index contributed by atoms with van der Waals surface area (Å²) in [6, 6.07) is 8.90. The zero-order chi connectivity index (χ0) is 27.6. The van der Waals surface area contributed by atoms with Crippen LogP contribution in [0.3, 0.4) is 0 Å². The van der Waals surface area contributed by atoms with Crippen molar-refractivity contribution in [2.45, 2.75) is 103 Å². The van der Waals surface area contributed by atoms with Gasteiger partial charge in [0.25, 0.3) is 5.91 Å². The molecule has 214 valence electrons. The van der Waals surface area contributed by atoms with E-state index in [1.807, 2.05) is 35.2 Å². The smallest absolute Gasteiger partial charge is 0.436 e. The van der Waals surface area contributed by atoms with Crippen molar-refractivity contribution < 1.29 is 24.0 Å². The van der Waals surface area contributed by atoms with Crippen molar-refractivity contribution in [3.05, 3.63) is 35.9 Å². The minimum atomic E-state index is -0.802. The number of hydrogen-bond donors (Lipinski definition) is 1. The Morgan fingerprint density at radius 2 is 1.79 bits per heavy atom. The van der Waals surface area contributed by atoms with Crippen LogP contribution in [-0.2, 0) is 25.8 Å². The number of nitrogens with one attached hydrogen (secondary N) is 1. The second-order valence-electron chi connectivity index (χ2n) is 12.8. The van der Waals surface area contributed by atoms with Crippen LogP contribution in [0.5, 0.6) is 0 Å². The third kappa shape index (κ3) is 6.40. The van der Waals surface area contributed by atoms with Crippen LogP contribution >= 0.6 is 0 Å². The van der Waals surface area contributed by atoms with Crippen molar-refractivity contribution in [1.82, 2.24) is 20.2 Å². The van der Waals surface area contributed by atoms with E-state index in [1.54, 1.807) is 4.90 Å². The van der Waals surface area contributed by atoms with E-state index < -0.39 is 24.4 Å². The SMILES string of the molecule is CC(C)(C)C[C@H]1C(=O)N([C@@H]2CCNC2)C[C@@H]2N(C(=O)OCc3ccccc3)O[C@H](CC3CCCCC3)C(=O)N21. The molecule has 4 atom stereocenters. The van der Waals surface area contributed by atoms with Gasteiger partial charge in [-0.05, 0) is 42.7 Å². The van der Waals surface area contributed by atoms with Gasteiger partial charge in [0.15, 0.2) is 12.3 Å². The quantitative estimate of drug-likeness (QED) is 0.585. The highest BCUT2D eigenvalue weighted by molar-refractivity contribution is 5.92. The number of piperazine rings is 1. The Morgan fingerprint density at radius 3 is 2.46 bits per heavy atom. The lowest BCUT2D eigenvalue weighted by Crippen LogP contribution is -2.74. The maximum atomic E-state index is 14.1. The molecule has 0 unspecified atom stereocenters. The molecule has 0 radical (unpaired) electrons. The average Bonchev–Trinajstić information content (AvgIpc) is 3.45. The molecule has 0 spiro atoms. The van der Waals surface area contributed by atoms with Gasteiger partial charge in [-0.25, -0.2) is 4.79 Å². The summed E-state index contributed by atoms with van der Waals surface area (Å²) in [7, 11) is 0. The second kappa shape index (κ2) is 11.8. The topological polar surface area (TPSA) is 91.4 Å². The fourth-order valence-corrected chi connectivity index (χ4v) is 6.60. The normalized spacial score (nSPS) is 28.5. The number of ether oxygens (including phenoxy) is 1. The first-order chi connectivity index (χ1) is 18.7. The maximum Gasteiger partial charge on any atom is 0.436 e. The van der Waals surface area contributed by atoms with Crippen LogP contribution in [0.4, 0.5) is 4.79 Å². The summed E-state index contributed by atoms with van der Waals surface area (Å²) < 4.78 is 5.72. The molecule has 1 saturated carbocycles. The molecule has 3 amide bonds. The fraction of sp³-hybridized carbons (Fsp3) is 0.700. The predicted octanol–water partition coefficient (Wildman–Crippen LogP) is 4.07. The zero-order valence-electron chi connectivity index (χ0n) is 23.6. The van der Waals surface area contributed by atoms with Crippen molar-refractivity contribution in [3.63, 3.8) is 0 Å². The van der Waals surface area contributed by atoms with Crippen molar-refractivity contribution in [2.75, 3.05) is 19.6 Å². The predicted molar refractivity (Wildman–Crippen MR) is 146 cm³/mol. The van der Waals surface area contributed by atoms with Gasteiger partial charge in [0, 0.05) is 12.6 Å². The van der Waals surface area contributed by atoms with Crippen LogP contribution in [0.1, 0.15) is 77.7 Å². The summed E-state index contributed by atoms with van der Waals surface area (Å²) in [5, 5.41) is 4.62. The number of amides is 3. The van der Waals surface area contributed by atoms with Gasteiger partial charge in [0.05, 0.1) is 6.54 Å². The van der Waals surface area contributed by atoms with Gasteiger partial charge >= 0.3 is 6.09 Å². The van der Waals surface area contributed by atoms with Crippen LogP contribution < -0.4 is 5.32 Å². The first-order valence-corrected chi connectivity index (χ1v) is 14.7. The van der Waals surface area contributed by atoms with Crippen molar-refractivity contribution in [2.24, 2.45) is 11.3 Å². The third-order valence-electron chi connectivity index (χ3n) is 8.56. The molecule has 3 saturated heterocycles. The lowest BCUT2D eigenvalue weighted by molar-refractivity contribution is -0.271. The summed E-state index contributed by atoms with van der Waals surface area (Å²) in [6.07, 6.45) is 5.39. The Balaban J connectivity index is 1.45. The first kappa shape index (κ1) is 27.9. The van der Waals surface area contributed by atoms with E-state index in [0.29, 0.717) is 25.3 Å². The Bertz CT molecular complexity index is 1020. The van der Waals surface area contributed by atoms with E-state index in [2.05, 4.69) is 26.1 Å². The third-order valence-corrected chi connectivity index (χ3v) is 8.56. The van der Waals surface area contributed by atoms with Gasteiger partial charge in [-0.1, -0.05) is 83.2 Å². The van der Waals surface area contributed by atoms with Crippen molar-refractivity contribution >= 4 is 17.9 Å². The molecule has 9 heteroatoms. The van der Waals surface area contributed by atoms with Gasteiger partial charge < -0.3 is 19.9 Å². The van der Waals surface area contributed by atoms with E-state index in [4.69, 9.17) is 9.57 Å². The molecule has 3 heterocycles. The summed E-state index contributed by atoms with van der Waals surface area (Å²) >= 11 is 0. The number of hydroxylamine groups is 2. The number of hydrogen-bond acceptors (Lipinski definition) is 6. The number of benzene rings is 1. The monoisotopic (exact) mass is 540 g/mol. The molecule has 0 bridgehead atoms. The first-order valence-electron chi connectivity index (χ1n) is 14.7.